The van der Waals surface area contributed by atoms with Crippen molar-refractivity contribution in [3.63, 3.8) is 0 Å². The number of carbonyl (C=O) groups excluding carboxylic acids is 1. The van der Waals surface area contributed by atoms with E-state index in [-0.39, 0.29) is 17.9 Å². The lowest BCUT2D eigenvalue weighted by Crippen LogP contribution is -2.33. The van der Waals surface area contributed by atoms with E-state index in [1.54, 1.807) is 0 Å². The summed E-state index contributed by atoms with van der Waals surface area (Å²) < 4.78 is 1.98. The lowest BCUT2D eigenvalue weighted by Gasteiger charge is -2.26. The third-order valence-electron chi connectivity index (χ3n) is 4.43. The van der Waals surface area contributed by atoms with Gasteiger partial charge in [0.15, 0.2) is 0 Å². The van der Waals surface area contributed by atoms with E-state index < -0.39 is 0 Å². The number of fused-ring (bicyclic) bond motifs is 1. The SMILES string of the molecule is O=C(C[C@@H]1CCCC[C@H]1O)NCCc1cn2ccccc2n1. The number of amides is 1. The molecule has 0 bridgehead atoms. The van der Waals surface area contributed by atoms with Gasteiger partial charge in [0.25, 0.3) is 0 Å². The first-order valence-corrected chi connectivity index (χ1v) is 8.10. The maximum Gasteiger partial charge on any atom is 0.220 e. The molecule has 2 aromatic rings. The number of aliphatic hydroxyl groups excluding tert-OH is 1. The van der Waals surface area contributed by atoms with Crippen molar-refractivity contribution < 1.29 is 9.90 Å². The molecule has 1 aliphatic rings. The smallest absolute Gasteiger partial charge is 0.220 e. The molecule has 1 fully saturated rings. The Balaban J connectivity index is 1.45. The van der Waals surface area contributed by atoms with Gasteiger partial charge in [0.2, 0.25) is 5.91 Å². The van der Waals surface area contributed by atoms with Crippen molar-refractivity contribution in [2.45, 2.75) is 44.6 Å². The lowest BCUT2D eigenvalue weighted by molar-refractivity contribution is -0.123. The van der Waals surface area contributed by atoms with Crippen LogP contribution in [0, 0.1) is 5.92 Å². The maximum atomic E-state index is 12.0. The monoisotopic (exact) mass is 301 g/mol. The minimum absolute atomic E-state index is 0.0368. The zero-order valence-electron chi connectivity index (χ0n) is 12.7. The van der Waals surface area contributed by atoms with Gasteiger partial charge in [0, 0.05) is 31.8 Å². The molecule has 1 aliphatic carbocycles. The lowest BCUT2D eigenvalue weighted by atomic mass is 9.84. The normalized spacial score (nSPS) is 21.9. The highest BCUT2D eigenvalue weighted by Gasteiger charge is 2.25. The molecule has 1 saturated carbocycles. The Labute approximate surface area is 130 Å². The van der Waals surface area contributed by atoms with Gasteiger partial charge in [-0.05, 0) is 30.9 Å². The van der Waals surface area contributed by atoms with E-state index in [2.05, 4.69) is 10.3 Å². The Bertz CT molecular complexity index is 605. The first-order valence-electron chi connectivity index (χ1n) is 8.10. The predicted molar refractivity (Wildman–Crippen MR) is 84.5 cm³/mol. The molecule has 0 aromatic carbocycles. The Hall–Kier alpha value is -1.88. The molecule has 22 heavy (non-hydrogen) atoms. The molecule has 2 aromatic heterocycles. The molecule has 0 spiro atoms. The third kappa shape index (κ3) is 3.65. The number of imidazole rings is 1. The van der Waals surface area contributed by atoms with Gasteiger partial charge in [-0.1, -0.05) is 18.9 Å². The molecule has 0 unspecified atom stereocenters. The quantitative estimate of drug-likeness (QED) is 0.887. The van der Waals surface area contributed by atoms with Gasteiger partial charge in [-0.3, -0.25) is 4.79 Å². The fraction of sp³-hybridized carbons (Fsp3) is 0.529. The number of hydrogen-bond acceptors (Lipinski definition) is 3. The number of aliphatic hydroxyl groups is 1. The molecule has 0 saturated heterocycles. The molecule has 0 radical (unpaired) electrons. The first kappa shape index (κ1) is 15.0. The van der Waals surface area contributed by atoms with Crippen molar-refractivity contribution in [1.82, 2.24) is 14.7 Å². The molecule has 0 aliphatic heterocycles. The van der Waals surface area contributed by atoms with Crippen molar-refractivity contribution in [2.75, 3.05) is 6.54 Å². The van der Waals surface area contributed by atoms with E-state index >= 15 is 0 Å². The van der Waals surface area contributed by atoms with Crippen LogP contribution in [0.5, 0.6) is 0 Å². The number of nitrogens with one attached hydrogen (secondary N) is 1. The predicted octanol–water partition coefficient (Wildman–Crippen LogP) is 1.93. The molecular weight excluding hydrogens is 278 g/mol. The highest BCUT2D eigenvalue weighted by Crippen LogP contribution is 2.26. The fourth-order valence-electron chi connectivity index (χ4n) is 3.17. The second-order valence-corrected chi connectivity index (χ2v) is 6.11. The number of nitrogens with zero attached hydrogens (tertiary/aromatic N) is 2. The molecule has 5 heteroatoms. The van der Waals surface area contributed by atoms with Crippen molar-refractivity contribution in [1.29, 1.82) is 0 Å². The standard InChI is InChI=1S/C17H23N3O2/c21-15-6-2-1-5-13(15)11-17(22)18-9-8-14-12-20-10-4-3-7-16(20)19-14/h3-4,7,10,12-13,15,21H,1-2,5-6,8-9,11H2,(H,18,22)/t13-,15+/m0/s1. The van der Waals surface area contributed by atoms with Crippen LogP contribution in [0.3, 0.4) is 0 Å². The summed E-state index contributed by atoms with van der Waals surface area (Å²) in [5.41, 5.74) is 1.90. The molecule has 3 rings (SSSR count). The molecular formula is C17H23N3O2. The average molecular weight is 301 g/mol. The van der Waals surface area contributed by atoms with Crippen LogP contribution in [0.1, 0.15) is 37.8 Å². The summed E-state index contributed by atoms with van der Waals surface area (Å²) in [6.45, 7) is 0.589. The van der Waals surface area contributed by atoms with Gasteiger partial charge in [0.05, 0.1) is 11.8 Å². The van der Waals surface area contributed by atoms with Gasteiger partial charge < -0.3 is 14.8 Å². The molecule has 2 heterocycles. The van der Waals surface area contributed by atoms with Crippen molar-refractivity contribution in [3.05, 3.63) is 36.3 Å². The van der Waals surface area contributed by atoms with Crippen LogP contribution in [0.25, 0.3) is 5.65 Å². The molecule has 5 nitrogen and oxygen atoms in total. The molecule has 2 atom stereocenters. The van der Waals surface area contributed by atoms with Crippen LogP contribution < -0.4 is 5.32 Å². The Morgan fingerprint density at radius 1 is 1.36 bits per heavy atom. The number of rotatable bonds is 5. The second kappa shape index (κ2) is 6.92. The van der Waals surface area contributed by atoms with Gasteiger partial charge in [-0.25, -0.2) is 4.98 Å². The minimum Gasteiger partial charge on any atom is -0.393 e. The summed E-state index contributed by atoms with van der Waals surface area (Å²) >= 11 is 0. The Morgan fingerprint density at radius 3 is 3.05 bits per heavy atom. The average Bonchev–Trinajstić information content (AvgIpc) is 2.92. The zero-order valence-corrected chi connectivity index (χ0v) is 12.7. The highest BCUT2D eigenvalue weighted by atomic mass is 16.3. The van der Waals surface area contributed by atoms with Crippen molar-refractivity contribution in [2.24, 2.45) is 5.92 Å². The van der Waals surface area contributed by atoms with Crippen molar-refractivity contribution in [3.8, 4) is 0 Å². The van der Waals surface area contributed by atoms with Crippen LogP contribution in [0.4, 0.5) is 0 Å². The number of hydrogen-bond donors (Lipinski definition) is 2. The minimum atomic E-state index is -0.307. The Morgan fingerprint density at radius 2 is 2.23 bits per heavy atom. The van der Waals surface area contributed by atoms with Crippen molar-refractivity contribution >= 4 is 11.6 Å². The molecule has 1 amide bonds. The number of aromatic nitrogens is 2. The van der Waals surface area contributed by atoms with E-state index in [1.165, 1.54) is 0 Å². The third-order valence-corrected chi connectivity index (χ3v) is 4.43. The van der Waals surface area contributed by atoms with E-state index in [0.29, 0.717) is 13.0 Å². The van der Waals surface area contributed by atoms with Crippen LogP contribution >= 0.6 is 0 Å². The number of carbonyl (C=O) groups is 1. The largest absolute Gasteiger partial charge is 0.393 e. The highest BCUT2D eigenvalue weighted by molar-refractivity contribution is 5.76. The van der Waals surface area contributed by atoms with Gasteiger partial charge >= 0.3 is 0 Å². The van der Waals surface area contributed by atoms with E-state index in [4.69, 9.17) is 0 Å². The number of pyridine rings is 1. The summed E-state index contributed by atoms with van der Waals surface area (Å²) in [6.07, 6.45) is 8.80. The topological polar surface area (TPSA) is 66.6 Å². The zero-order chi connectivity index (χ0) is 15.4. The van der Waals surface area contributed by atoms with Gasteiger partial charge in [-0.2, -0.15) is 0 Å². The van der Waals surface area contributed by atoms with Gasteiger partial charge in [0.1, 0.15) is 5.65 Å². The molecule has 2 N–H and O–H groups in total. The summed E-state index contributed by atoms with van der Waals surface area (Å²) in [4.78, 5) is 16.5. The van der Waals surface area contributed by atoms with Gasteiger partial charge in [-0.15, -0.1) is 0 Å². The van der Waals surface area contributed by atoms with E-state index in [9.17, 15) is 9.90 Å². The second-order valence-electron chi connectivity index (χ2n) is 6.11. The summed E-state index contributed by atoms with van der Waals surface area (Å²) in [5.74, 6) is 0.165. The van der Waals surface area contributed by atoms with E-state index in [0.717, 1.165) is 43.4 Å². The first-order chi connectivity index (χ1) is 10.7. The fourth-order valence-corrected chi connectivity index (χ4v) is 3.17. The summed E-state index contributed by atoms with van der Waals surface area (Å²) in [5, 5.41) is 12.9. The Kier molecular flexibility index (Phi) is 4.73. The molecule has 118 valence electrons. The van der Waals surface area contributed by atoms with Crippen LogP contribution in [0.15, 0.2) is 30.6 Å². The van der Waals surface area contributed by atoms with Crippen LogP contribution in [-0.2, 0) is 11.2 Å². The van der Waals surface area contributed by atoms with Crippen LogP contribution in [-0.4, -0.2) is 33.0 Å². The maximum absolute atomic E-state index is 12.0. The van der Waals surface area contributed by atoms with Crippen LogP contribution in [0.2, 0.25) is 0 Å². The summed E-state index contributed by atoms with van der Waals surface area (Å²) in [6, 6.07) is 5.89. The van der Waals surface area contributed by atoms with E-state index in [1.807, 2.05) is 35.0 Å². The summed E-state index contributed by atoms with van der Waals surface area (Å²) in [7, 11) is 0.